The van der Waals surface area contributed by atoms with Crippen LogP contribution >= 0.6 is 0 Å². The van der Waals surface area contributed by atoms with E-state index < -0.39 is 29.6 Å². The molecule has 0 aromatic heterocycles. The largest absolute Gasteiger partial charge is 0.359 e. The summed E-state index contributed by atoms with van der Waals surface area (Å²) in [7, 11) is 0. The van der Waals surface area contributed by atoms with Gasteiger partial charge in [0.05, 0.1) is 17.9 Å². The quantitative estimate of drug-likeness (QED) is 0.641. The lowest BCUT2D eigenvalue weighted by Gasteiger charge is -2.34. The highest BCUT2D eigenvalue weighted by Gasteiger charge is 2.74. The average molecular weight is 442 g/mol. The summed E-state index contributed by atoms with van der Waals surface area (Å²) in [6, 6.07) is -0.196. The van der Waals surface area contributed by atoms with Gasteiger partial charge in [0.2, 0.25) is 17.7 Å². The number of hydrogen-bond acceptors (Lipinski definition) is 4. The van der Waals surface area contributed by atoms with E-state index in [1.807, 2.05) is 12.2 Å². The highest BCUT2D eigenvalue weighted by Crippen LogP contribution is 2.57. The first-order valence-corrected chi connectivity index (χ1v) is 12.9. The predicted molar refractivity (Wildman–Crippen MR) is 117 cm³/mol. The molecule has 5 atom stereocenters. The zero-order valence-corrected chi connectivity index (χ0v) is 18.8. The van der Waals surface area contributed by atoms with Crippen LogP contribution in [0.2, 0.25) is 0 Å². The summed E-state index contributed by atoms with van der Waals surface area (Å²) in [6.07, 6.45) is 16.3. The van der Waals surface area contributed by atoms with Crippen molar-refractivity contribution in [3.05, 3.63) is 12.2 Å². The molecule has 32 heavy (non-hydrogen) atoms. The molecule has 2 N–H and O–H groups in total. The van der Waals surface area contributed by atoms with Crippen molar-refractivity contribution in [2.24, 2.45) is 11.8 Å². The molecule has 1 spiro atoms. The van der Waals surface area contributed by atoms with E-state index in [0.29, 0.717) is 0 Å². The van der Waals surface area contributed by atoms with Crippen molar-refractivity contribution < 1.29 is 19.1 Å². The number of rotatable bonds is 5. The van der Waals surface area contributed by atoms with E-state index in [1.54, 1.807) is 4.90 Å². The molecule has 0 radical (unpaired) electrons. The highest BCUT2D eigenvalue weighted by atomic mass is 16.5. The molecule has 174 valence electrons. The fraction of sp³-hybridized carbons (Fsp3) is 0.800. The number of fused-ring (bicyclic) bond motifs is 1. The van der Waals surface area contributed by atoms with Crippen LogP contribution in [0.1, 0.15) is 77.0 Å². The average Bonchev–Trinajstić information content (AvgIpc) is 3.39. The van der Waals surface area contributed by atoms with Crippen LogP contribution in [-0.4, -0.2) is 58.5 Å². The van der Waals surface area contributed by atoms with Gasteiger partial charge in [0.25, 0.3) is 0 Å². The third-order valence-electron chi connectivity index (χ3n) is 8.71. The molecule has 3 aliphatic heterocycles. The molecule has 0 aromatic carbocycles. The number of amides is 3. The van der Waals surface area contributed by atoms with Gasteiger partial charge in [-0.15, -0.1) is 0 Å². The van der Waals surface area contributed by atoms with E-state index in [9.17, 15) is 14.4 Å². The Morgan fingerprint density at radius 3 is 2.06 bits per heavy atom. The van der Waals surface area contributed by atoms with Gasteiger partial charge in [0.1, 0.15) is 11.6 Å². The summed E-state index contributed by atoms with van der Waals surface area (Å²) in [5.74, 6) is -1.37. The van der Waals surface area contributed by atoms with Gasteiger partial charge in [0, 0.05) is 18.1 Å². The van der Waals surface area contributed by atoms with E-state index in [1.165, 1.54) is 12.8 Å². The summed E-state index contributed by atoms with van der Waals surface area (Å²) in [6.45, 7) is 0. The van der Waals surface area contributed by atoms with Gasteiger partial charge in [-0.05, 0) is 38.5 Å². The second-order valence-corrected chi connectivity index (χ2v) is 10.9. The normalized spacial score (nSPS) is 39.4. The van der Waals surface area contributed by atoms with Gasteiger partial charge in [0.15, 0.2) is 0 Å². The molecule has 7 heteroatoms. The van der Waals surface area contributed by atoms with Crippen LogP contribution in [0.15, 0.2) is 12.2 Å². The molecular formula is C25H35N3O4. The number of carbonyl (C=O) groups excluding carboxylic acids is 3. The standard InChI is InChI=1S/C25H35N3O4/c29-22(26-15-7-3-1-4-8-15)19-18-13-14-25(32-18)20(19)24(31)28(17-11-12-17)21(25)23(30)27-16-9-5-2-6-10-16/h13-21H,1-12H2,(H,26,29)(H,27,30)/t18-,19-,20+,21-,25-/m1/s1. The Balaban J connectivity index is 1.26. The van der Waals surface area contributed by atoms with Gasteiger partial charge >= 0.3 is 0 Å². The number of hydrogen-bond donors (Lipinski definition) is 2. The molecule has 3 saturated carbocycles. The molecule has 7 nitrogen and oxygen atoms in total. The van der Waals surface area contributed by atoms with Crippen molar-refractivity contribution in [1.82, 2.24) is 15.5 Å². The molecule has 2 bridgehead atoms. The molecule has 2 saturated heterocycles. The smallest absolute Gasteiger partial charge is 0.246 e. The minimum Gasteiger partial charge on any atom is -0.359 e. The number of nitrogens with one attached hydrogen (secondary N) is 2. The van der Waals surface area contributed by atoms with Crippen molar-refractivity contribution in [2.45, 2.75) is 113 Å². The second-order valence-electron chi connectivity index (χ2n) is 10.9. The monoisotopic (exact) mass is 441 g/mol. The first kappa shape index (κ1) is 20.7. The summed E-state index contributed by atoms with van der Waals surface area (Å²) >= 11 is 0. The molecule has 6 rings (SSSR count). The van der Waals surface area contributed by atoms with E-state index in [0.717, 1.165) is 64.2 Å². The first-order valence-electron chi connectivity index (χ1n) is 12.9. The maximum absolute atomic E-state index is 13.7. The van der Waals surface area contributed by atoms with E-state index >= 15 is 0 Å². The van der Waals surface area contributed by atoms with Gasteiger partial charge in [-0.1, -0.05) is 50.7 Å². The van der Waals surface area contributed by atoms with Gasteiger partial charge < -0.3 is 20.3 Å². The Morgan fingerprint density at radius 1 is 0.875 bits per heavy atom. The molecule has 3 aliphatic carbocycles. The molecule has 3 amide bonds. The summed E-state index contributed by atoms with van der Waals surface area (Å²) in [5, 5.41) is 6.47. The van der Waals surface area contributed by atoms with Gasteiger partial charge in [-0.2, -0.15) is 0 Å². The van der Waals surface area contributed by atoms with Crippen LogP contribution in [0, 0.1) is 11.8 Å². The lowest BCUT2D eigenvalue weighted by Crippen LogP contribution is -2.57. The molecule has 6 aliphatic rings. The molecular weight excluding hydrogens is 406 g/mol. The Bertz CT molecular complexity index is 827. The van der Waals surface area contributed by atoms with E-state index in [2.05, 4.69) is 10.6 Å². The number of ether oxygens (including phenoxy) is 1. The Hall–Kier alpha value is -1.89. The fourth-order valence-corrected chi connectivity index (χ4v) is 7.02. The van der Waals surface area contributed by atoms with Gasteiger partial charge in [-0.25, -0.2) is 0 Å². The summed E-state index contributed by atoms with van der Waals surface area (Å²) in [4.78, 5) is 42.5. The maximum Gasteiger partial charge on any atom is 0.246 e. The van der Waals surface area contributed by atoms with Crippen LogP contribution < -0.4 is 10.6 Å². The first-order chi connectivity index (χ1) is 15.6. The Labute approximate surface area is 189 Å². The maximum atomic E-state index is 13.7. The van der Waals surface area contributed by atoms with Crippen molar-refractivity contribution in [3.8, 4) is 0 Å². The topological polar surface area (TPSA) is 87.7 Å². The molecule has 5 fully saturated rings. The van der Waals surface area contributed by atoms with Crippen molar-refractivity contribution in [2.75, 3.05) is 0 Å². The zero-order valence-electron chi connectivity index (χ0n) is 18.8. The SMILES string of the molecule is O=C(NC1CCCCC1)[C@H]1[C@H]2C(=O)N(C3CC3)[C@H](C(=O)NC3CCCCC3)[C@@]23C=C[C@H]1O3. The number of carbonyl (C=O) groups is 3. The lowest BCUT2D eigenvalue weighted by molar-refractivity contribution is -0.142. The Kier molecular flexibility index (Phi) is 5.08. The minimum absolute atomic E-state index is 0.0630. The Morgan fingerprint density at radius 2 is 1.47 bits per heavy atom. The van der Waals surface area contributed by atoms with E-state index in [-0.39, 0.29) is 35.8 Å². The number of nitrogens with zero attached hydrogens (tertiary/aromatic N) is 1. The molecule has 0 unspecified atom stereocenters. The van der Waals surface area contributed by atoms with Crippen LogP contribution in [0.3, 0.4) is 0 Å². The van der Waals surface area contributed by atoms with Crippen LogP contribution in [0.25, 0.3) is 0 Å². The molecule has 3 heterocycles. The summed E-state index contributed by atoms with van der Waals surface area (Å²) in [5.41, 5.74) is -1.00. The van der Waals surface area contributed by atoms with E-state index in [4.69, 9.17) is 4.74 Å². The van der Waals surface area contributed by atoms with Crippen molar-refractivity contribution in [3.63, 3.8) is 0 Å². The lowest BCUT2D eigenvalue weighted by atomic mass is 9.74. The fourth-order valence-electron chi connectivity index (χ4n) is 7.02. The van der Waals surface area contributed by atoms with Crippen LogP contribution in [0.5, 0.6) is 0 Å². The second kappa shape index (κ2) is 7.86. The highest BCUT2D eigenvalue weighted by molar-refractivity contribution is 6.00. The van der Waals surface area contributed by atoms with Crippen molar-refractivity contribution >= 4 is 17.7 Å². The third-order valence-corrected chi connectivity index (χ3v) is 8.71. The third kappa shape index (κ3) is 3.22. The van der Waals surface area contributed by atoms with Gasteiger partial charge in [-0.3, -0.25) is 14.4 Å². The van der Waals surface area contributed by atoms with Crippen LogP contribution in [-0.2, 0) is 19.1 Å². The van der Waals surface area contributed by atoms with Crippen molar-refractivity contribution in [1.29, 1.82) is 0 Å². The summed E-state index contributed by atoms with van der Waals surface area (Å²) < 4.78 is 6.41. The van der Waals surface area contributed by atoms with Crippen LogP contribution in [0.4, 0.5) is 0 Å². The number of likely N-dealkylation sites (tertiary alicyclic amines) is 1. The minimum atomic E-state index is -1.00. The predicted octanol–water partition coefficient (Wildman–Crippen LogP) is 2.20. The zero-order chi connectivity index (χ0) is 21.9. The molecule has 0 aromatic rings.